The predicted molar refractivity (Wildman–Crippen MR) is 113 cm³/mol. The summed E-state index contributed by atoms with van der Waals surface area (Å²) in [5.41, 5.74) is 2.05. The largest absolute Gasteiger partial charge is 0.484 e. The number of hydrogen-bond donors (Lipinski definition) is 1. The highest BCUT2D eigenvalue weighted by Crippen LogP contribution is 2.32. The molecule has 1 aliphatic heterocycles. The number of para-hydroxylation sites is 1. The number of benzene rings is 2. The van der Waals surface area contributed by atoms with Crippen LogP contribution in [0.4, 0.5) is 5.69 Å². The van der Waals surface area contributed by atoms with E-state index in [1.165, 1.54) is 0 Å². The third-order valence-electron chi connectivity index (χ3n) is 5.03. The van der Waals surface area contributed by atoms with Gasteiger partial charge in [0.2, 0.25) is 5.76 Å². The highest BCUT2D eigenvalue weighted by molar-refractivity contribution is 6.11. The summed E-state index contributed by atoms with van der Waals surface area (Å²) in [7, 11) is 0. The lowest BCUT2D eigenvalue weighted by molar-refractivity contribution is -0.118. The maximum Gasteiger partial charge on any atom is 0.291 e. The SMILES string of the molecule is CCc1cccc(OCC(=O)Nc2c(C(=O)N3CCOCC3)oc3ccccc23)c1. The maximum atomic E-state index is 13.0. The lowest BCUT2D eigenvalue weighted by Gasteiger charge is -2.26. The van der Waals surface area contributed by atoms with Gasteiger partial charge in [0.1, 0.15) is 17.0 Å². The maximum absolute atomic E-state index is 13.0. The Morgan fingerprint density at radius 1 is 1.10 bits per heavy atom. The Hall–Kier alpha value is -3.32. The number of amides is 2. The summed E-state index contributed by atoms with van der Waals surface area (Å²) in [6.45, 7) is 3.83. The van der Waals surface area contributed by atoms with Crippen LogP contribution in [0.5, 0.6) is 5.75 Å². The Labute approximate surface area is 174 Å². The summed E-state index contributed by atoms with van der Waals surface area (Å²) in [4.78, 5) is 27.3. The first kappa shape index (κ1) is 20.0. The van der Waals surface area contributed by atoms with Crippen LogP contribution in [0.3, 0.4) is 0 Å². The fourth-order valence-electron chi connectivity index (χ4n) is 3.41. The van der Waals surface area contributed by atoms with Crippen LogP contribution in [0.1, 0.15) is 23.0 Å². The highest BCUT2D eigenvalue weighted by Gasteiger charge is 2.27. The minimum atomic E-state index is -0.362. The molecular formula is C23H24N2O5. The number of carbonyl (C=O) groups is 2. The van der Waals surface area contributed by atoms with E-state index in [1.54, 1.807) is 11.0 Å². The van der Waals surface area contributed by atoms with Crippen molar-refractivity contribution in [2.75, 3.05) is 38.2 Å². The quantitative estimate of drug-likeness (QED) is 0.675. The Balaban J connectivity index is 1.53. The van der Waals surface area contributed by atoms with E-state index >= 15 is 0 Å². The van der Waals surface area contributed by atoms with Gasteiger partial charge in [0.05, 0.1) is 13.2 Å². The Kier molecular flexibility index (Phi) is 5.99. The molecule has 1 N–H and O–H groups in total. The first-order chi connectivity index (χ1) is 14.7. The van der Waals surface area contributed by atoms with Gasteiger partial charge in [-0.1, -0.05) is 31.2 Å². The van der Waals surface area contributed by atoms with Gasteiger partial charge in [0.25, 0.3) is 11.8 Å². The third-order valence-corrected chi connectivity index (χ3v) is 5.03. The molecule has 0 aliphatic carbocycles. The number of furan rings is 1. The zero-order chi connectivity index (χ0) is 20.9. The smallest absolute Gasteiger partial charge is 0.291 e. The molecule has 0 saturated carbocycles. The van der Waals surface area contributed by atoms with Gasteiger partial charge in [0.15, 0.2) is 6.61 Å². The van der Waals surface area contributed by atoms with Crippen molar-refractivity contribution in [2.45, 2.75) is 13.3 Å². The van der Waals surface area contributed by atoms with Crippen molar-refractivity contribution in [1.29, 1.82) is 0 Å². The molecule has 1 aliphatic rings. The molecule has 4 rings (SSSR count). The van der Waals surface area contributed by atoms with Gasteiger partial charge < -0.3 is 24.1 Å². The number of fused-ring (bicyclic) bond motifs is 1. The molecule has 0 unspecified atom stereocenters. The Morgan fingerprint density at radius 2 is 1.90 bits per heavy atom. The molecule has 2 amide bonds. The molecule has 1 fully saturated rings. The van der Waals surface area contributed by atoms with Crippen LogP contribution in [-0.2, 0) is 16.0 Å². The van der Waals surface area contributed by atoms with Gasteiger partial charge in [-0.2, -0.15) is 0 Å². The number of anilines is 1. The summed E-state index contributed by atoms with van der Waals surface area (Å²) in [6.07, 6.45) is 0.886. The van der Waals surface area contributed by atoms with Crippen molar-refractivity contribution >= 4 is 28.5 Å². The second-order valence-corrected chi connectivity index (χ2v) is 7.04. The Morgan fingerprint density at radius 3 is 2.70 bits per heavy atom. The minimum absolute atomic E-state index is 0.124. The summed E-state index contributed by atoms with van der Waals surface area (Å²) >= 11 is 0. The standard InChI is InChI=1S/C23H24N2O5/c1-2-16-6-5-7-17(14-16)29-15-20(26)24-21-18-8-3-4-9-19(18)30-22(21)23(27)25-10-12-28-13-11-25/h3-9,14H,2,10-13,15H2,1H3,(H,24,26). The number of carbonyl (C=O) groups excluding carboxylic acids is 2. The van der Waals surface area contributed by atoms with Crippen molar-refractivity contribution in [2.24, 2.45) is 0 Å². The summed E-state index contributed by atoms with van der Waals surface area (Å²) in [5, 5.41) is 3.49. The second-order valence-electron chi connectivity index (χ2n) is 7.04. The molecule has 0 radical (unpaired) electrons. The molecule has 3 aromatic rings. The van der Waals surface area contributed by atoms with E-state index in [0.717, 1.165) is 12.0 Å². The van der Waals surface area contributed by atoms with E-state index in [4.69, 9.17) is 13.9 Å². The topological polar surface area (TPSA) is 81.0 Å². The van der Waals surface area contributed by atoms with Gasteiger partial charge in [-0.3, -0.25) is 9.59 Å². The molecule has 30 heavy (non-hydrogen) atoms. The molecular weight excluding hydrogens is 384 g/mol. The number of nitrogens with one attached hydrogen (secondary N) is 1. The zero-order valence-corrected chi connectivity index (χ0v) is 16.8. The zero-order valence-electron chi connectivity index (χ0n) is 16.8. The van der Waals surface area contributed by atoms with Crippen LogP contribution in [0.2, 0.25) is 0 Å². The molecule has 0 atom stereocenters. The fourth-order valence-corrected chi connectivity index (χ4v) is 3.41. The predicted octanol–water partition coefficient (Wildman–Crippen LogP) is 3.49. The van der Waals surface area contributed by atoms with Crippen molar-refractivity contribution < 1.29 is 23.5 Å². The van der Waals surface area contributed by atoms with Crippen LogP contribution in [-0.4, -0.2) is 49.6 Å². The number of ether oxygens (including phenoxy) is 2. The highest BCUT2D eigenvalue weighted by atomic mass is 16.5. The molecule has 7 nitrogen and oxygen atoms in total. The van der Waals surface area contributed by atoms with Crippen LogP contribution in [0, 0.1) is 0 Å². The molecule has 1 aromatic heterocycles. The number of rotatable bonds is 6. The lowest BCUT2D eigenvalue weighted by atomic mass is 10.2. The monoisotopic (exact) mass is 408 g/mol. The Bertz CT molecular complexity index is 1050. The average molecular weight is 408 g/mol. The number of nitrogens with zero attached hydrogens (tertiary/aromatic N) is 1. The van der Waals surface area contributed by atoms with E-state index in [2.05, 4.69) is 12.2 Å². The van der Waals surface area contributed by atoms with Gasteiger partial charge in [-0.25, -0.2) is 0 Å². The van der Waals surface area contributed by atoms with Gasteiger partial charge >= 0.3 is 0 Å². The number of hydrogen-bond acceptors (Lipinski definition) is 5. The molecule has 2 aromatic carbocycles. The van der Waals surface area contributed by atoms with E-state index in [-0.39, 0.29) is 24.2 Å². The first-order valence-electron chi connectivity index (χ1n) is 10.1. The number of morpholine rings is 1. The van der Waals surface area contributed by atoms with Gasteiger partial charge in [0, 0.05) is 18.5 Å². The van der Waals surface area contributed by atoms with E-state index < -0.39 is 0 Å². The minimum Gasteiger partial charge on any atom is -0.484 e. The fraction of sp³-hybridized carbons (Fsp3) is 0.304. The normalized spacial score (nSPS) is 14.0. The van der Waals surface area contributed by atoms with Gasteiger partial charge in [-0.15, -0.1) is 0 Å². The van der Waals surface area contributed by atoms with Crippen LogP contribution in [0.25, 0.3) is 11.0 Å². The van der Waals surface area contributed by atoms with Crippen LogP contribution < -0.4 is 10.1 Å². The number of aryl methyl sites for hydroxylation is 1. The summed E-state index contributed by atoms with van der Waals surface area (Å²) in [6, 6.07) is 14.9. The third kappa shape index (κ3) is 4.31. The molecule has 2 heterocycles. The van der Waals surface area contributed by atoms with Crippen LogP contribution >= 0.6 is 0 Å². The lowest BCUT2D eigenvalue weighted by Crippen LogP contribution is -2.40. The van der Waals surface area contributed by atoms with Gasteiger partial charge in [-0.05, 0) is 36.2 Å². The molecule has 0 spiro atoms. The second kappa shape index (κ2) is 9.00. The van der Waals surface area contributed by atoms with E-state index in [0.29, 0.717) is 48.7 Å². The van der Waals surface area contributed by atoms with Crippen molar-refractivity contribution in [1.82, 2.24) is 4.90 Å². The molecule has 7 heteroatoms. The van der Waals surface area contributed by atoms with Crippen LogP contribution in [0.15, 0.2) is 52.9 Å². The van der Waals surface area contributed by atoms with Crippen molar-refractivity contribution in [3.8, 4) is 5.75 Å². The van der Waals surface area contributed by atoms with Crippen molar-refractivity contribution in [3.05, 3.63) is 59.9 Å². The average Bonchev–Trinajstić information content (AvgIpc) is 3.16. The first-order valence-corrected chi connectivity index (χ1v) is 10.1. The van der Waals surface area contributed by atoms with E-state index in [9.17, 15) is 9.59 Å². The van der Waals surface area contributed by atoms with E-state index in [1.807, 2.05) is 42.5 Å². The molecule has 156 valence electrons. The van der Waals surface area contributed by atoms with Crippen molar-refractivity contribution in [3.63, 3.8) is 0 Å². The molecule has 0 bridgehead atoms. The summed E-state index contributed by atoms with van der Waals surface area (Å²) < 4.78 is 16.8. The summed E-state index contributed by atoms with van der Waals surface area (Å²) in [5.74, 6) is 0.131. The molecule has 1 saturated heterocycles.